The molecule has 126 valence electrons. The molecule has 2 amide bonds. The van der Waals surface area contributed by atoms with Gasteiger partial charge in [-0.25, -0.2) is 4.79 Å². The third kappa shape index (κ3) is 5.11. The second-order valence-electron chi connectivity index (χ2n) is 5.70. The van der Waals surface area contributed by atoms with Crippen molar-refractivity contribution in [1.82, 2.24) is 10.2 Å². The lowest BCUT2D eigenvalue weighted by Gasteiger charge is -2.34. The molecule has 1 unspecified atom stereocenters. The molecule has 1 saturated heterocycles. The highest BCUT2D eigenvalue weighted by atomic mass is 35.5. The molecule has 2 rings (SSSR count). The van der Waals surface area contributed by atoms with Crippen molar-refractivity contribution in [3.63, 3.8) is 0 Å². The molecule has 0 aromatic heterocycles. The van der Waals surface area contributed by atoms with Crippen LogP contribution in [0, 0.1) is 5.92 Å². The van der Waals surface area contributed by atoms with E-state index in [4.69, 9.17) is 16.7 Å². The second-order valence-corrected chi connectivity index (χ2v) is 6.13. The largest absolute Gasteiger partial charge is 0.481 e. The first-order chi connectivity index (χ1) is 11.0. The summed E-state index contributed by atoms with van der Waals surface area (Å²) >= 11 is 5.85. The molecule has 6 nitrogen and oxygen atoms in total. The summed E-state index contributed by atoms with van der Waals surface area (Å²) in [6, 6.07) is 6.90. The molecule has 0 spiro atoms. The van der Waals surface area contributed by atoms with E-state index in [0.717, 1.165) is 5.56 Å². The van der Waals surface area contributed by atoms with Crippen molar-refractivity contribution in [3.05, 3.63) is 34.9 Å². The Morgan fingerprint density at radius 2 is 1.87 bits per heavy atom. The number of carboxylic acids is 1. The van der Waals surface area contributed by atoms with E-state index in [1.807, 2.05) is 12.1 Å². The predicted molar refractivity (Wildman–Crippen MR) is 86.4 cm³/mol. The minimum Gasteiger partial charge on any atom is -0.481 e. The van der Waals surface area contributed by atoms with Gasteiger partial charge < -0.3 is 20.4 Å². The maximum Gasteiger partial charge on any atom is 0.317 e. The number of nitrogens with zero attached hydrogens (tertiary/aromatic N) is 1. The number of aliphatic hydroxyl groups is 1. The van der Waals surface area contributed by atoms with Crippen molar-refractivity contribution < 1.29 is 19.8 Å². The predicted octanol–water partition coefficient (Wildman–Crippen LogP) is 2.27. The van der Waals surface area contributed by atoms with E-state index in [-0.39, 0.29) is 24.9 Å². The molecule has 1 fully saturated rings. The van der Waals surface area contributed by atoms with Crippen molar-refractivity contribution in [2.24, 2.45) is 5.92 Å². The topological polar surface area (TPSA) is 89.9 Å². The van der Waals surface area contributed by atoms with Crippen LogP contribution < -0.4 is 5.32 Å². The van der Waals surface area contributed by atoms with Gasteiger partial charge in [0.25, 0.3) is 0 Å². The number of halogens is 1. The number of piperidine rings is 1. The molecule has 3 N–H and O–H groups in total. The Kier molecular flexibility index (Phi) is 6.24. The lowest BCUT2D eigenvalue weighted by Crippen LogP contribution is -2.45. The third-order valence-corrected chi connectivity index (χ3v) is 4.35. The number of carbonyl (C=O) groups is 2. The average molecular weight is 341 g/mol. The SMILES string of the molecule is O=C(O)CCNC(=O)N1CCC(C(O)c2ccc(Cl)cc2)CC1. The maximum atomic E-state index is 11.9. The van der Waals surface area contributed by atoms with Crippen LogP contribution in [-0.4, -0.2) is 46.7 Å². The summed E-state index contributed by atoms with van der Waals surface area (Å²) in [6.45, 7) is 1.23. The van der Waals surface area contributed by atoms with Gasteiger partial charge in [-0.05, 0) is 36.5 Å². The van der Waals surface area contributed by atoms with Crippen molar-refractivity contribution in [1.29, 1.82) is 0 Å². The van der Waals surface area contributed by atoms with E-state index in [2.05, 4.69) is 5.32 Å². The number of hydrogen-bond acceptors (Lipinski definition) is 3. The zero-order valence-electron chi connectivity index (χ0n) is 12.7. The number of rotatable bonds is 5. The summed E-state index contributed by atoms with van der Waals surface area (Å²) in [5.74, 6) is -0.839. The Morgan fingerprint density at radius 1 is 1.26 bits per heavy atom. The maximum absolute atomic E-state index is 11.9. The number of amides is 2. The number of urea groups is 1. The first kappa shape index (κ1) is 17.6. The minimum atomic E-state index is -0.935. The smallest absolute Gasteiger partial charge is 0.317 e. The molecule has 23 heavy (non-hydrogen) atoms. The van der Waals surface area contributed by atoms with Crippen molar-refractivity contribution >= 4 is 23.6 Å². The number of carbonyl (C=O) groups excluding carboxylic acids is 1. The fraction of sp³-hybridized carbons (Fsp3) is 0.500. The van der Waals surface area contributed by atoms with E-state index in [1.54, 1.807) is 17.0 Å². The van der Waals surface area contributed by atoms with Gasteiger partial charge in [0.15, 0.2) is 0 Å². The van der Waals surface area contributed by atoms with E-state index in [0.29, 0.717) is 31.0 Å². The molecule has 0 saturated carbocycles. The van der Waals surface area contributed by atoms with E-state index in [9.17, 15) is 14.7 Å². The molecule has 1 atom stereocenters. The molecule has 1 aromatic carbocycles. The summed E-state index contributed by atoms with van der Waals surface area (Å²) in [4.78, 5) is 24.0. The van der Waals surface area contributed by atoms with Gasteiger partial charge in [-0.15, -0.1) is 0 Å². The minimum absolute atomic E-state index is 0.0858. The first-order valence-corrected chi connectivity index (χ1v) is 8.03. The van der Waals surface area contributed by atoms with Crippen molar-refractivity contribution in [2.75, 3.05) is 19.6 Å². The third-order valence-electron chi connectivity index (χ3n) is 4.10. The Hall–Kier alpha value is -1.79. The molecule has 1 heterocycles. The number of likely N-dealkylation sites (tertiary alicyclic amines) is 1. The number of aliphatic hydroxyl groups excluding tert-OH is 1. The molecular formula is C16H21ClN2O4. The summed E-state index contributed by atoms with van der Waals surface area (Å²) < 4.78 is 0. The first-order valence-electron chi connectivity index (χ1n) is 7.65. The molecule has 0 bridgehead atoms. The number of benzene rings is 1. The highest BCUT2D eigenvalue weighted by Crippen LogP contribution is 2.31. The number of nitrogens with one attached hydrogen (secondary N) is 1. The normalized spacial score (nSPS) is 16.9. The Morgan fingerprint density at radius 3 is 2.43 bits per heavy atom. The average Bonchev–Trinajstić information content (AvgIpc) is 2.54. The number of aliphatic carboxylic acids is 1. The standard InChI is InChI=1S/C16H21ClN2O4/c17-13-3-1-11(2-4-13)15(22)12-6-9-19(10-7-12)16(23)18-8-5-14(20)21/h1-4,12,15,22H,5-10H2,(H,18,23)(H,20,21). The van der Waals surface area contributed by atoms with Crippen LogP contribution in [0.1, 0.15) is 30.9 Å². The summed E-state index contributed by atoms with van der Waals surface area (Å²) in [7, 11) is 0. The number of hydrogen-bond donors (Lipinski definition) is 3. The van der Waals surface area contributed by atoms with E-state index < -0.39 is 12.1 Å². The van der Waals surface area contributed by atoms with Crippen LogP contribution in [0.3, 0.4) is 0 Å². The summed E-state index contributed by atoms with van der Waals surface area (Å²) in [5.41, 5.74) is 0.832. The fourth-order valence-corrected chi connectivity index (χ4v) is 2.86. The zero-order chi connectivity index (χ0) is 16.8. The molecule has 1 aromatic rings. The monoisotopic (exact) mass is 340 g/mol. The molecule has 0 aliphatic carbocycles. The number of carboxylic acid groups (broad SMARTS) is 1. The lowest BCUT2D eigenvalue weighted by molar-refractivity contribution is -0.136. The van der Waals surface area contributed by atoms with Gasteiger partial charge in [-0.3, -0.25) is 4.79 Å². The van der Waals surface area contributed by atoms with E-state index >= 15 is 0 Å². The van der Waals surface area contributed by atoms with Crippen LogP contribution in [0.4, 0.5) is 4.79 Å². The molecule has 0 radical (unpaired) electrons. The quantitative estimate of drug-likeness (QED) is 0.767. The summed E-state index contributed by atoms with van der Waals surface area (Å²) in [5, 5.41) is 22.2. The van der Waals surface area contributed by atoms with Crippen LogP contribution >= 0.6 is 11.6 Å². The van der Waals surface area contributed by atoms with Gasteiger partial charge in [0.1, 0.15) is 0 Å². The van der Waals surface area contributed by atoms with Gasteiger partial charge in [-0.2, -0.15) is 0 Å². The van der Waals surface area contributed by atoms with Crippen LogP contribution in [0.5, 0.6) is 0 Å². The highest BCUT2D eigenvalue weighted by Gasteiger charge is 2.28. The molecule has 1 aliphatic rings. The molecule has 1 aliphatic heterocycles. The Bertz CT molecular complexity index is 542. The van der Waals surface area contributed by atoms with Crippen LogP contribution in [0.15, 0.2) is 24.3 Å². The molecular weight excluding hydrogens is 320 g/mol. The Labute approximate surface area is 140 Å². The van der Waals surface area contributed by atoms with Gasteiger partial charge in [0, 0.05) is 24.7 Å². The fourth-order valence-electron chi connectivity index (χ4n) is 2.74. The van der Waals surface area contributed by atoms with Gasteiger partial charge in [-0.1, -0.05) is 23.7 Å². The van der Waals surface area contributed by atoms with Crippen molar-refractivity contribution in [3.8, 4) is 0 Å². The summed E-state index contributed by atoms with van der Waals surface area (Å²) in [6.07, 6.45) is 0.758. The second kappa shape index (κ2) is 8.17. The van der Waals surface area contributed by atoms with E-state index in [1.165, 1.54) is 0 Å². The van der Waals surface area contributed by atoms with Gasteiger partial charge in [0.05, 0.1) is 12.5 Å². The highest BCUT2D eigenvalue weighted by molar-refractivity contribution is 6.30. The molecule has 7 heteroatoms. The lowest BCUT2D eigenvalue weighted by atomic mass is 9.87. The van der Waals surface area contributed by atoms with Crippen LogP contribution in [0.25, 0.3) is 0 Å². The zero-order valence-corrected chi connectivity index (χ0v) is 13.5. The van der Waals surface area contributed by atoms with Gasteiger partial charge >= 0.3 is 12.0 Å². The van der Waals surface area contributed by atoms with Crippen LogP contribution in [-0.2, 0) is 4.79 Å². The van der Waals surface area contributed by atoms with Gasteiger partial charge in [0.2, 0.25) is 0 Å². The Balaban J connectivity index is 1.80. The van der Waals surface area contributed by atoms with Crippen molar-refractivity contribution in [2.45, 2.75) is 25.4 Å². The van der Waals surface area contributed by atoms with Crippen LogP contribution in [0.2, 0.25) is 5.02 Å².